The van der Waals surface area contributed by atoms with Crippen molar-refractivity contribution >= 4 is 5.91 Å². The number of hydrogen-bond acceptors (Lipinski definition) is 4. The van der Waals surface area contributed by atoms with E-state index in [2.05, 4.69) is 10.2 Å². The Labute approximate surface area is 121 Å². The molecule has 0 aromatic rings. The van der Waals surface area contributed by atoms with E-state index >= 15 is 0 Å². The molecule has 4 N–H and O–H groups in total. The number of hydrogen-bond donors (Lipinski definition) is 3. The Balaban J connectivity index is 1.60. The quantitative estimate of drug-likeness (QED) is 0.619. The average molecular weight is 283 g/mol. The van der Waals surface area contributed by atoms with Gasteiger partial charge in [-0.3, -0.25) is 4.79 Å². The third-order valence-electron chi connectivity index (χ3n) is 4.75. The first kappa shape index (κ1) is 15.7. The lowest BCUT2D eigenvalue weighted by Gasteiger charge is -2.31. The van der Waals surface area contributed by atoms with Gasteiger partial charge in [0.2, 0.25) is 5.91 Å². The van der Waals surface area contributed by atoms with Crippen LogP contribution >= 0.6 is 0 Å². The molecule has 1 atom stereocenters. The molecule has 2 rings (SSSR count). The van der Waals surface area contributed by atoms with Crippen LogP contribution in [0.4, 0.5) is 0 Å². The summed E-state index contributed by atoms with van der Waals surface area (Å²) in [5, 5.41) is 12.2. The Morgan fingerprint density at radius 1 is 1.35 bits per heavy atom. The van der Waals surface area contributed by atoms with Gasteiger partial charge in [-0.15, -0.1) is 0 Å². The summed E-state index contributed by atoms with van der Waals surface area (Å²) < 4.78 is 0. The molecule has 1 unspecified atom stereocenters. The lowest BCUT2D eigenvalue weighted by Crippen LogP contribution is -2.52. The van der Waals surface area contributed by atoms with Gasteiger partial charge in [0.1, 0.15) is 0 Å². The lowest BCUT2D eigenvalue weighted by molar-refractivity contribution is -0.126. The zero-order chi connectivity index (χ0) is 14.4. The molecule has 0 radical (unpaired) electrons. The van der Waals surface area contributed by atoms with Gasteiger partial charge in [-0.25, -0.2) is 0 Å². The molecule has 1 saturated carbocycles. The zero-order valence-corrected chi connectivity index (χ0v) is 12.4. The average Bonchev–Trinajstić information content (AvgIpc) is 2.92. The van der Waals surface area contributed by atoms with Crippen molar-refractivity contribution in [2.75, 3.05) is 32.8 Å². The maximum atomic E-state index is 12.0. The predicted octanol–water partition coefficient (Wildman–Crippen LogP) is 0.468. The van der Waals surface area contributed by atoms with Crippen LogP contribution in [0.25, 0.3) is 0 Å². The summed E-state index contributed by atoms with van der Waals surface area (Å²) >= 11 is 0. The molecule has 2 aliphatic rings. The highest BCUT2D eigenvalue weighted by molar-refractivity contribution is 5.86. The molecule has 5 nitrogen and oxygen atoms in total. The minimum Gasteiger partial charge on any atom is -0.396 e. The minimum absolute atomic E-state index is 0.0295. The van der Waals surface area contributed by atoms with Crippen LogP contribution in [0.15, 0.2) is 0 Å². The highest BCUT2D eigenvalue weighted by Gasteiger charge is 2.36. The third-order valence-corrected chi connectivity index (χ3v) is 4.75. The van der Waals surface area contributed by atoms with E-state index < -0.39 is 5.54 Å². The van der Waals surface area contributed by atoms with E-state index in [1.54, 1.807) is 0 Å². The summed E-state index contributed by atoms with van der Waals surface area (Å²) in [5.41, 5.74) is 5.51. The zero-order valence-electron chi connectivity index (χ0n) is 12.4. The van der Waals surface area contributed by atoms with Crippen molar-refractivity contribution in [2.24, 2.45) is 11.7 Å². The van der Waals surface area contributed by atoms with Crippen molar-refractivity contribution in [2.45, 2.75) is 50.5 Å². The fourth-order valence-electron chi connectivity index (χ4n) is 3.42. The van der Waals surface area contributed by atoms with Crippen molar-refractivity contribution in [1.29, 1.82) is 0 Å². The van der Waals surface area contributed by atoms with Gasteiger partial charge in [-0.1, -0.05) is 12.8 Å². The lowest BCUT2D eigenvalue weighted by atomic mass is 9.98. The number of carbonyl (C=O) groups excluding carboxylic acids is 1. The number of amides is 1. The van der Waals surface area contributed by atoms with Crippen LogP contribution in [0.3, 0.4) is 0 Å². The van der Waals surface area contributed by atoms with Gasteiger partial charge in [0, 0.05) is 19.7 Å². The Hall–Kier alpha value is -0.650. The molecular formula is C15H29N3O2. The van der Waals surface area contributed by atoms with E-state index in [1.807, 2.05) is 0 Å². The molecule has 0 aromatic heterocycles. The first-order valence-corrected chi connectivity index (χ1v) is 8.04. The van der Waals surface area contributed by atoms with Crippen LogP contribution in [0.2, 0.25) is 0 Å². The van der Waals surface area contributed by atoms with Crippen molar-refractivity contribution in [1.82, 2.24) is 10.2 Å². The summed E-state index contributed by atoms with van der Waals surface area (Å²) in [6.07, 6.45) is 7.05. The molecule has 1 saturated heterocycles. The van der Waals surface area contributed by atoms with Crippen molar-refractivity contribution in [3.63, 3.8) is 0 Å². The smallest absolute Gasteiger partial charge is 0.240 e. The molecule has 5 heteroatoms. The first-order valence-electron chi connectivity index (χ1n) is 8.04. The summed E-state index contributed by atoms with van der Waals surface area (Å²) in [6.45, 7) is 4.10. The molecule has 2 fully saturated rings. The van der Waals surface area contributed by atoms with Crippen LogP contribution in [0, 0.1) is 5.92 Å². The molecule has 116 valence electrons. The normalized spacial score (nSPS) is 26.6. The Bertz CT molecular complexity index is 316. The van der Waals surface area contributed by atoms with E-state index in [-0.39, 0.29) is 5.91 Å². The standard InChI is InChI=1S/C15H29N3O2/c16-15(6-1-2-7-15)14(20)17-8-4-10-18-9-3-5-13(11-18)12-19/h13,19H,1-12,16H2,(H,17,20). The number of rotatable bonds is 6. The second-order valence-corrected chi connectivity index (χ2v) is 6.46. The molecule has 1 aliphatic carbocycles. The largest absolute Gasteiger partial charge is 0.396 e. The van der Waals surface area contributed by atoms with Crippen LogP contribution in [0.1, 0.15) is 44.9 Å². The maximum absolute atomic E-state index is 12.0. The molecule has 1 amide bonds. The number of aliphatic hydroxyl groups excluding tert-OH is 1. The van der Waals surface area contributed by atoms with E-state index in [0.717, 1.165) is 58.2 Å². The van der Waals surface area contributed by atoms with Crippen LogP contribution in [-0.2, 0) is 4.79 Å². The summed E-state index contributed by atoms with van der Waals surface area (Å²) in [6, 6.07) is 0. The van der Waals surface area contributed by atoms with E-state index in [4.69, 9.17) is 5.73 Å². The maximum Gasteiger partial charge on any atom is 0.240 e. The minimum atomic E-state index is -0.604. The number of likely N-dealkylation sites (tertiary alicyclic amines) is 1. The fraction of sp³-hybridized carbons (Fsp3) is 0.933. The summed E-state index contributed by atoms with van der Waals surface area (Å²) in [5.74, 6) is 0.464. The van der Waals surface area contributed by atoms with Gasteiger partial charge >= 0.3 is 0 Å². The first-order chi connectivity index (χ1) is 9.64. The van der Waals surface area contributed by atoms with Crippen LogP contribution in [-0.4, -0.2) is 54.2 Å². The fourth-order valence-corrected chi connectivity index (χ4v) is 3.42. The van der Waals surface area contributed by atoms with Gasteiger partial charge in [-0.2, -0.15) is 0 Å². The van der Waals surface area contributed by atoms with E-state index in [0.29, 0.717) is 19.1 Å². The molecule has 1 aliphatic heterocycles. The molecule has 0 bridgehead atoms. The van der Waals surface area contributed by atoms with Gasteiger partial charge in [0.25, 0.3) is 0 Å². The van der Waals surface area contributed by atoms with Crippen LogP contribution in [0.5, 0.6) is 0 Å². The van der Waals surface area contributed by atoms with Crippen molar-refractivity contribution in [3.8, 4) is 0 Å². The topological polar surface area (TPSA) is 78.6 Å². The number of aliphatic hydroxyl groups is 1. The molecule has 20 heavy (non-hydrogen) atoms. The van der Waals surface area contributed by atoms with E-state index in [9.17, 15) is 9.90 Å². The third kappa shape index (κ3) is 4.17. The molecule has 0 aromatic carbocycles. The second-order valence-electron chi connectivity index (χ2n) is 6.46. The Morgan fingerprint density at radius 2 is 2.10 bits per heavy atom. The Morgan fingerprint density at radius 3 is 2.80 bits per heavy atom. The molecule has 0 spiro atoms. The van der Waals surface area contributed by atoms with Gasteiger partial charge in [0.05, 0.1) is 5.54 Å². The number of piperidine rings is 1. The molecule has 1 heterocycles. The molecular weight excluding hydrogens is 254 g/mol. The highest BCUT2D eigenvalue weighted by atomic mass is 16.3. The summed E-state index contributed by atoms with van der Waals surface area (Å²) in [7, 11) is 0. The van der Waals surface area contributed by atoms with Gasteiger partial charge in [0.15, 0.2) is 0 Å². The predicted molar refractivity (Wildman–Crippen MR) is 79.3 cm³/mol. The number of nitrogens with one attached hydrogen (secondary N) is 1. The Kier molecular flexibility index (Phi) is 5.81. The van der Waals surface area contributed by atoms with Crippen molar-refractivity contribution in [3.05, 3.63) is 0 Å². The number of carbonyl (C=O) groups is 1. The second kappa shape index (κ2) is 7.38. The highest BCUT2D eigenvalue weighted by Crippen LogP contribution is 2.27. The number of nitrogens with two attached hydrogens (primary N) is 1. The van der Waals surface area contributed by atoms with E-state index in [1.165, 1.54) is 6.42 Å². The number of nitrogens with zero attached hydrogens (tertiary/aromatic N) is 1. The van der Waals surface area contributed by atoms with Gasteiger partial charge in [-0.05, 0) is 51.1 Å². The SMILES string of the molecule is NC1(C(=O)NCCCN2CCCC(CO)C2)CCCC1. The van der Waals surface area contributed by atoms with Crippen LogP contribution < -0.4 is 11.1 Å². The van der Waals surface area contributed by atoms with Gasteiger partial charge < -0.3 is 21.1 Å². The monoisotopic (exact) mass is 283 g/mol. The summed E-state index contributed by atoms with van der Waals surface area (Å²) in [4.78, 5) is 14.4. The van der Waals surface area contributed by atoms with Crippen molar-refractivity contribution < 1.29 is 9.90 Å².